The van der Waals surface area contributed by atoms with Crippen LogP contribution in [0.25, 0.3) is 11.3 Å². The number of pyridine rings is 1. The molecular formula is C27H29FN2O6. The number of aryl methyl sites for hydroxylation is 1. The van der Waals surface area contributed by atoms with E-state index in [0.29, 0.717) is 40.5 Å². The normalized spacial score (nSPS) is 11.5. The first-order valence-electron chi connectivity index (χ1n) is 11.4. The zero-order valence-corrected chi connectivity index (χ0v) is 20.6. The Morgan fingerprint density at radius 2 is 1.75 bits per heavy atom. The molecule has 8 nitrogen and oxygen atoms in total. The molecule has 1 atom stereocenters. The van der Waals surface area contributed by atoms with Gasteiger partial charge in [-0.3, -0.25) is 9.59 Å². The number of nitrogens with zero attached hydrogens (tertiary/aromatic N) is 1. The first-order valence-corrected chi connectivity index (χ1v) is 11.4. The van der Waals surface area contributed by atoms with Gasteiger partial charge in [-0.1, -0.05) is 6.92 Å². The van der Waals surface area contributed by atoms with Crippen molar-refractivity contribution in [1.82, 2.24) is 10.3 Å². The van der Waals surface area contributed by atoms with E-state index in [0.717, 1.165) is 0 Å². The minimum atomic E-state index is -0.660. The third kappa shape index (κ3) is 6.37. The molecule has 0 aliphatic rings. The molecule has 1 amide bonds. The number of hydrogen-bond acceptors (Lipinski definition) is 7. The number of aliphatic hydroxyl groups is 1. The molecule has 0 saturated carbocycles. The molecular weight excluding hydrogens is 467 g/mol. The number of nitrogens with one attached hydrogen (secondary N) is 1. The fourth-order valence-corrected chi connectivity index (χ4v) is 3.46. The van der Waals surface area contributed by atoms with Gasteiger partial charge < -0.3 is 24.6 Å². The first kappa shape index (κ1) is 26.6. The number of benzene rings is 2. The standard InChI is InChI=1S/C27H29FN2O6/c1-5-17-12-18(6-8-20(17)28)26-24(34-3)11-9-21(30-26)22(32)14-29-27(33)19-7-10-23(25(13-19)35-4)36-15-16(2)31/h6-13,16,31H,5,14-15H2,1-4H3,(H,29,33). The van der Waals surface area contributed by atoms with Crippen molar-refractivity contribution in [3.8, 4) is 28.5 Å². The van der Waals surface area contributed by atoms with Gasteiger partial charge in [-0.05, 0) is 67.4 Å². The molecule has 9 heteroatoms. The number of methoxy groups -OCH3 is 2. The fraction of sp³-hybridized carbons (Fsp3) is 0.296. The Morgan fingerprint density at radius 3 is 2.42 bits per heavy atom. The molecule has 2 aromatic carbocycles. The molecule has 0 radical (unpaired) electrons. The highest BCUT2D eigenvalue weighted by atomic mass is 19.1. The maximum absolute atomic E-state index is 14.0. The van der Waals surface area contributed by atoms with Gasteiger partial charge in [0.15, 0.2) is 17.3 Å². The summed E-state index contributed by atoms with van der Waals surface area (Å²) in [6, 6.07) is 12.3. The second-order valence-corrected chi connectivity index (χ2v) is 8.04. The molecule has 0 bridgehead atoms. The summed E-state index contributed by atoms with van der Waals surface area (Å²) in [5, 5.41) is 12.0. The van der Waals surface area contributed by atoms with Crippen LogP contribution >= 0.6 is 0 Å². The first-order chi connectivity index (χ1) is 17.3. The summed E-state index contributed by atoms with van der Waals surface area (Å²) in [4.78, 5) is 29.9. The van der Waals surface area contributed by atoms with Crippen molar-refractivity contribution in [2.75, 3.05) is 27.4 Å². The van der Waals surface area contributed by atoms with Gasteiger partial charge in [0.2, 0.25) is 0 Å². The summed E-state index contributed by atoms with van der Waals surface area (Å²) in [5.41, 5.74) is 1.95. The Morgan fingerprint density at radius 1 is 1.03 bits per heavy atom. The van der Waals surface area contributed by atoms with E-state index >= 15 is 0 Å². The van der Waals surface area contributed by atoms with E-state index < -0.39 is 17.8 Å². The van der Waals surface area contributed by atoms with Crippen molar-refractivity contribution in [2.45, 2.75) is 26.4 Å². The highest BCUT2D eigenvalue weighted by Crippen LogP contribution is 2.30. The Bertz CT molecular complexity index is 1240. The molecule has 0 saturated heterocycles. The minimum Gasteiger partial charge on any atom is -0.494 e. The summed E-state index contributed by atoms with van der Waals surface area (Å²) in [6.45, 7) is 3.23. The second kappa shape index (κ2) is 12.1. The predicted molar refractivity (Wildman–Crippen MR) is 132 cm³/mol. The third-order valence-electron chi connectivity index (χ3n) is 5.38. The van der Waals surface area contributed by atoms with Crippen LogP contribution in [0.3, 0.4) is 0 Å². The van der Waals surface area contributed by atoms with E-state index in [9.17, 15) is 19.1 Å². The van der Waals surface area contributed by atoms with Crippen molar-refractivity contribution in [3.05, 3.63) is 71.2 Å². The SMILES string of the molecule is CCc1cc(-c2nc(C(=O)CNC(=O)c3ccc(OCC(C)O)c(OC)c3)ccc2OC)ccc1F. The molecule has 0 fully saturated rings. The molecule has 0 spiro atoms. The van der Waals surface area contributed by atoms with Crippen LogP contribution in [0, 0.1) is 5.82 Å². The van der Waals surface area contributed by atoms with Gasteiger partial charge >= 0.3 is 0 Å². The van der Waals surface area contributed by atoms with Crippen molar-refractivity contribution >= 4 is 11.7 Å². The largest absolute Gasteiger partial charge is 0.494 e. The van der Waals surface area contributed by atoms with E-state index in [1.165, 1.54) is 38.5 Å². The molecule has 36 heavy (non-hydrogen) atoms. The number of aromatic nitrogens is 1. The number of carbonyl (C=O) groups excluding carboxylic acids is 2. The number of ketones is 1. The number of hydrogen-bond donors (Lipinski definition) is 2. The Labute approximate surface area is 209 Å². The monoisotopic (exact) mass is 496 g/mol. The number of halogens is 1. The number of amides is 1. The Kier molecular flexibility index (Phi) is 8.97. The molecule has 3 aromatic rings. The summed E-state index contributed by atoms with van der Waals surface area (Å²) in [7, 11) is 2.93. The Balaban J connectivity index is 1.75. The van der Waals surface area contributed by atoms with Crippen LogP contribution < -0.4 is 19.5 Å². The van der Waals surface area contributed by atoms with E-state index in [1.54, 1.807) is 31.2 Å². The van der Waals surface area contributed by atoms with Crippen molar-refractivity contribution in [3.63, 3.8) is 0 Å². The Hall–Kier alpha value is -3.98. The fourth-order valence-electron chi connectivity index (χ4n) is 3.46. The highest BCUT2D eigenvalue weighted by Gasteiger charge is 2.17. The zero-order valence-electron chi connectivity index (χ0n) is 20.6. The van der Waals surface area contributed by atoms with Gasteiger partial charge in [0.05, 0.1) is 26.9 Å². The maximum Gasteiger partial charge on any atom is 0.251 e. The number of rotatable bonds is 11. The molecule has 190 valence electrons. The van der Waals surface area contributed by atoms with Crippen LogP contribution in [-0.4, -0.2) is 55.3 Å². The van der Waals surface area contributed by atoms with Gasteiger partial charge in [0, 0.05) is 11.1 Å². The molecule has 1 aromatic heterocycles. The number of carbonyl (C=O) groups is 2. The summed E-state index contributed by atoms with van der Waals surface area (Å²) < 4.78 is 30.1. The lowest BCUT2D eigenvalue weighted by atomic mass is 10.0. The van der Waals surface area contributed by atoms with Gasteiger partial charge in [0.1, 0.15) is 29.6 Å². The van der Waals surface area contributed by atoms with Crippen LogP contribution in [-0.2, 0) is 6.42 Å². The summed E-state index contributed by atoms with van der Waals surface area (Å²) in [6.07, 6.45) is -0.155. The topological polar surface area (TPSA) is 107 Å². The van der Waals surface area contributed by atoms with E-state index in [1.807, 2.05) is 6.92 Å². The number of aliphatic hydroxyl groups excluding tert-OH is 1. The van der Waals surface area contributed by atoms with Gasteiger partial charge in [-0.25, -0.2) is 9.37 Å². The lowest BCUT2D eigenvalue weighted by Crippen LogP contribution is -2.30. The summed E-state index contributed by atoms with van der Waals surface area (Å²) in [5.74, 6) is -0.0593. The highest BCUT2D eigenvalue weighted by molar-refractivity contribution is 6.01. The lowest BCUT2D eigenvalue weighted by molar-refractivity contribution is 0.0901. The van der Waals surface area contributed by atoms with Crippen molar-refractivity contribution in [2.24, 2.45) is 0 Å². The average Bonchev–Trinajstić information content (AvgIpc) is 2.90. The van der Waals surface area contributed by atoms with E-state index in [2.05, 4.69) is 10.3 Å². The predicted octanol–water partition coefficient (Wildman–Crippen LogP) is 3.84. The van der Waals surface area contributed by atoms with Crippen molar-refractivity contribution < 1.29 is 33.3 Å². The number of ether oxygens (including phenoxy) is 3. The van der Waals surface area contributed by atoms with Gasteiger partial charge in [0.25, 0.3) is 5.91 Å². The zero-order chi connectivity index (χ0) is 26.2. The molecule has 3 rings (SSSR count). The quantitative estimate of drug-likeness (QED) is 0.389. The smallest absolute Gasteiger partial charge is 0.251 e. The van der Waals surface area contributed by atoms with Crippen LogP contribution in [0.1, 0.15) is 40.3 Å². The van der Waals surface area contributed by atoms with Crippen LogP contribution in [0.2, 0.25) is 0 Å². The number of Topliss-reactive ketones (excluding diaryl/α,β-unsaturated/α-hetero) is 1. The molecule has 0 aliphatic carbocycles. The van der Waals surface area contributed by atoms with Crippen LogP contribution in [0.15, 0.2) is 48.5 Å². The van der Waals surface area contributed by atoms with Crippen LogP contribution in [0.4, 0.5) is 4.39 Å². The summed E-state index contributed by atoms with van der Waals surface area (Å²) >= 11 is 0. The minimum absolute atomic E-state index is 0.0743. The van der Waals surface area contributed by atoms with Crippen molar-refractivity contribution in [1.29, 1.82) is 0 Å². The average molecular weight is 497 g/mol. The lowest BCUT2D eigenvalue weighted by Gasteiger charge is -2.13. The maximum atomic E-state index is 14.0. The third-order valence-corrected chi connectivity index (χ3v) is 5.38. The van der Waals surface area contributed by atoms with Gasteiger partial charge in [-0.15, -0.1) is 0 Å². The van der Waals surface area contributed by atoms with E-state index in [-0.39, 0.29) is 30.2 Å². The molecule has 1 unspecified atom stereocenters. The molecule has 0 aliphatic heterocycles. The molecule has 1 heterocycles. The second-order valence-electron chi connectivity index (χ2n) is 8.04. The molecule has 2 N–H and O–H groups in total. The van der Waals surface area contributed by atoms with E-state index in [4.69, 9.17) is 14.2 Å². The van der Waals surface area contributed by atoms with Crippen LogP contribution in [0.5, 0.6) is 17.2 Å². The van der Waals surface area contributed by atoms with Gasteiger partial charge in [-0.2, -0.15) is 0 Å².